The van der Waals surface area contributed by atoms with Gasteiger partial charge in [0.15, 0.2) is 17.3 Å². The third-order valence-corrected chi connectivity index (χ3v) is 7.57. The third kappa shape index (κ3) is 6.02. The Labute approximate surface area is 221 Å². The quantitative estimate of drug-likeness (QED) is 0.421. The third-order valence-electron chi connectivity index (χ3n) is 6.71. The molecule has 1 saturated heterocycles. The molecule has 3 aromatic rings. The molecule has 0 unspecified atom stereocenters. The fraction of sp³-hybridized carbons (Fsp3) is 0.407. The molecule has 9 nitrogen and oxygen atoms in total. The van der Waals surface area contributed by atoms with Crippen LogP contribution in [0, 0.1) is 0 Å². The maximum atomic E-state index is 13.1. The van der Waals surface area contributed by atoms with E-state index >= 15 is 0 Å². The number of nitrogens with zero attached hydrogens (tertiary/aromatic N) is 5. The topological polar surface area (TPSA) is 88.1 Å². The second-order valence-corrected chi connectivity index (χ2v) is 9.83. The average molecular weight is 524 g/mol. The van der Waals surface area contributed by atoms with Gasteiger partial charge in [0.1, 0.15) is 6.54 Å². The molecule has 0 N–H and O–H groups in total. The van der Waals surface area contributed by atoms with Gasteiger partial charge in [0.05, 0.1) is 24.8 Å². The molecule has 37 heavy (non-hydrogen) atoms. The van der Waals surface area contributed by atoms with E-state index in [0.717, 1.165) is 23.5 Å². The van der Waals surface area contributed by atoms with E-state index in [9.17, 15) is 9.59 Å². The number of hydrogen-bond donors (Lipinski definition) is 0. The number of ether oxygens (including phenoxy) is 2. The highest BCUT2D eigenvalue weighted by Crippen LogP contribution is 2.31. The van der Waals surface area contributed by atoms with Gasteiger partial charge in [-0.1, -0.05) is 13.0 Å². The zero-order valence-corrected chi connectivity index (χ0v) is 22.5. The van der Waals surface area contributed by atoms with Crippen LogP contribution in [0.5, 0.6) is 11.5 Å². The highest BCUT2D eigenvalue weighted by molar-refractivity contribution is 7.12. The molecular formula is C27H33N5O4S. The lowest BCUT2D eigenvalue weighted by molar-refractivity contribution is -0.132. The van der Waals surface area contributed by atoms with Crippen molar-refractivity contribution >= 4 is 29.0 Å². The van der Waals surface area contributed by atoms with Crippen LogP contribution in [0.4, 0.5) is 5.82 Å². The predicted octanol–water partition coefficient (Wildman–Crippen LogP) is 3.81. The molecule has 1 aliphatic rings. The molecule has 1 fully saturated rings. The first kappa shape index (κ1) is 26.4. The zero-order valence-electron chi connectivity index (χ0n) is 21.7. The monoisotopic (exact) mass is 523 g/mol. The molecule has 1 aromatic carbocycles. The van der Waals surface area contributed by atoms with Crippen molar-refractivity contribution in [2.45, 2.75) is 26.3 Å². The first-order chi connectivity index (χ1) is 17.9. The second kappa shape index (κ2) is 12.1. The van der Waals surface area contributed by atoms with Crippen molar-refractivity contribution < 1.29 is 19.1 Å². The number of rotatable bonds is 9. The van der Waals surface area contributed by atoms with E-state index in [1.54, 1.807) is 19.1 Å². The second-order valence-electron chi connectivity index (χ2n) is 8.88. The zero-order chi connectivity index (χ0) is 26.4. The van der Waals surface area contributed by atoms with Crippen LogP contribution in [0.3, 0.4) is 0 Å². The summed E-state index contributed by atoms with van der Waals surface area (Å²) in [6.07, 6.45) is 0.788. The summed E-state index contributed by atoms with van der Waals surface area (Å²) in [6, 6.07) is 13.2. The minimum Gasteiger partial charge on any atom is -0.493 e. The highest BCUT2D eigenvalue weighted by Gasteiger charge is 2.28. The van der Waals surface area contributed by atoms with Gasteiger partial charge in [-0.25, -0.2) is 0 Å². The Morgan fingerprint density at radius 3 is 2.38 bits per heavy atom. The SMILES string of the molecule is CC[C@H](C)N(CC(=O)N1CCN(c2ccc(-c3ccc(OC)c(OC)c3)nn2)CC1)C(=O)c1cccs1. The smallest absolute Gasteiger partial charge is 0.264 e. The summed E-state index contributed by atoms with van der Waals surface area (Å²) < 4.78 is 10.7. The van der Waals surface area contributed by atoms with Gasteiger partial charge in [0, 0.05) is 37.8 Å². The van der Waals surface area contributed by atoms with E-state index < -0.39 is 0 Å². The normalized spacial score (nSPS) is 14.3. The molecule has 3 heterocycles. The highest BCUT2D eigenvalue weighted by atomic mass is 32.1. The summed E-state index contributed by atoms with van der Waals surface area (Å²) in [6.45, 7) is 6.54. The van der Waals surface area contributed by atoms with E-state index in [1.807, 2.05) is 66.6 Å². The van der Waals surface area contributed by atoms with Gasteiger partial charge in [-0.3, -0.25) is 9.59 Å². The van der Waals surface area contributed by atoms with Gasteiger partial charge in [-0.15, -0.1) is 21.5 Å². The molecule has 0 spiro atoms. The molecule has 0 saturated carbocycles. The summed E-state index contributed by atoms with van der Waals surface area (Å²) >= 11 is 1.40. The van der Waals surface area contributed by atoms with Crippen molar-refractivity contribution in [3.63, 3.8) is 0 Å². The molecule has 2 aromatic heterocycles. The van der Waals surface area contributed by atoms with Gasteiger partial charge in [-0.2, -0.15) is 0 Å². The van der Waals surface area contributed by atoms with Gasteiger partial charge < -0.3 is 24.2 Å². The van der Waals surface area contributed by atoms with Crippen LogP contribution in [0.15, 0.2) is 47.8 Å². The largest absolute Gasteiger partial charge is 0.493 e. The Morgan fingerprint density at radius 1 is 1.03 bits per heavy atom. The molecular weight excluding hydrogens is 490 g/mol. The van der Waals surface area contributed by atoms with Gasteiger partial charge in [-0.05, 0) is 55.1 Å². The fourth-order valence-corrected chi connectivity index (χ4v) is 4.94. The lowest BCUT2D eigenvalue weighted by atomic mass is 10.1. The van der Waals surface area contributed by atoms with E-state index in [-0.39, 0.29) is 24.4 Å². The molecule has 1 atom stereocenters. The van der Waals surface area contributed by atoms with Crippen LogP contribution in [0.1, 0.15) is 29.9 Å². The van der Waals surface area contributed by atoms with Crippen molar-refractivity contribution in [2.24, 2.45) is 0 Å². The van der Waals surface area contributed by atoms with Crippen molar-refractivity contribution in [3.8, 4) is 22.8 Å². The number of carbonyl (C=O) groups excluding carboxylic acids is 2. The van der Waals surface area contributed by atoms with Crippen LogP contribution in [0.25, 0.3) is 11.3 Å². The maximum absolute atomic E-state index is 13.1. The first-order valence-corrected chi connectivity index (χ1v) is 13.3. The van der Waals surface area contributed by atoms with E-state index in [0.29, 0.717) is 42.6 Å². The van der Waals surface area contributed by atoms with E-state index in [4.69, 9.17) is 9.47 Å². The summed E-state index contributed by atoms with van der Waals surface area (Å²) in [4.78, 5) is 32.4. The van der Waals surface area contributed by atoms with Gasteiger partial charge >= 0.3 is 0 Å². The molecule has 0 aliphatic carbocycles. The average Bonchev–Trinajstić information content (AvgIpc) is 3.50. The standard InChI is InChI=1S/C27H33N5O4S/c1-5-19(2)32(27(34)24-7-6-16-37-24)18-26(33)31-14-12-30(13-15-31)25-11-9-21(28-29-25)20-8-10-22(35-3)23(17-20)36-4/h6-11,16-17,19H,5,12-15,18H2,1-4H3/t19-/m0/s1. The van der Waals surface area contributed by atoms with Crippen LogP contribution in [-0.2, 0) is 4.79 Å². The molecule has 10 heteroatoms. The van der Waals surface area contributed by atoms with Crippen molar-refractivity contribution in [3.05, 3.63) is 52.7 Å². The lowest BCUT2D eigenvalue weighted by Crippen LogP contribution is -2.53. The lowest BCUT2D eigenvalue weighted by Gasteiger charge is -2.37. The number of piperazine rings is 1. The van der Waals surface area contributed by atoms with E-state index in [1.165, 1.54) is 11.3 Å². The number of hydrogen-bond acceptors (Lipinski definition) is 8. The summed E-state index contributed by atoms with van der Waals surface area (Å²) in [5.41, 5.74) is 1.62. The fourth-order valence-electron chi connectivity index (χ4n) is 4.26. The Balaban J connectivity index is 1.36. The number of amides is 2. The number of aromatic nitrogens is 2. The summed E-state index contributed by atoms with van der Waals surface area (Å²) in [7, 11) is 3.20. The molecule has 0 bridgehead atoms. The predicted molar refractivity (Wildman–Crippen MR) is 144 cm³/mol. The minimum atomic E-state index is -0.0822. The molecule has 196 valence electrons. The number of carbonyl (C=O) groups is 2. The Bertz CT molecular complexity index is 1190. The van der Waals surface area contributed by atoms with E-state index in [2.05, 4.69) is 15.1 Å². The number of thiophene rings is 1. The molecule has 1 aliphatic heterocycles. The van der Waals surface area contributed by atoms with Crippen LogP contribution >= 0.6 is 11.3 Å². The Hall–Kier alpha value is -3.66. The minimum absolute atomic E-state index is 0.0145. The van der Waals surface area contributed by atoms with Crippen molar-refractivity contribution in [2.75, 3.05) is 51.8 Å². The number of methoxy groups -OCH3 is 2. The molecule has 2 amide bonds. The first-order valence-electron chi connectivity index (χ1n) is 12.4. The van der Waals surface area contributed by atoms with Crippen LogP contribution < -0.4 is 14.4 Å². The summed E-state index contributed by atoms with van der Waals surface area (Å²) in [5, 5.41) is 10.7. The Morgan fingerprint density at radius 2 is 1.78 bits per heavy atom. The Kier molecular flexibility index (Phi) is 8.60. The van der Waals surface area contributed by atoms with Gasteiger partial charge in [0.2, 0.25) is 5.91 Å². The summed E-state index contributed by atoms with van der Waals surface area (Å²) in [5.74, 6) is 1.95. The van der Waals surface area contributed by atoms with Crippen molar-refractivity contribution in [1.29, 1.82) is 0 Å². The number of benzene rings is 1. The van der Waals surface area contributed by atoms with Crippen LogP contribution in [0.2, 0.25) is 0 Å². The maximum Gasteiger partial charge on any atom is 0.264 e. The number of anilines is 1. The van der Waals surface area contributed by atoms with Crippen molar-refractivity contribution in [1.82, 2.24) is 20.0 Å². The van der Waals surface area contributed by atoms with Crippen LogP contribution in [-0.4, -0.2) is 84.8 Å². The van der Waals surface area contributed by atoms with Gasteiger partial charge in [0.25, 0.3) is 5.91 Å². The molecule has 0 radical (unpaired) electrons. The molecule has 4 rings (SSSR count).